The number of carbonyl (C=O) groups excluding carboxylic acids is 2. The van der Waals surface area contributed by atoms with Crippen LogP contribution >= 0.6 is 0 Å². The van der Waals surface area contributed by atoms with Crippen LogP contribution in [0.3, 0.4) is 0 Å². The number of benzene rings is 1. The van der Waals surface area contributed by atoms with Crippen molar-refractivity contribution in [2.45, 2.75) is 31.7 Å². The van der Waals surface area contributed by atoms with Gasteiger partial charge >= 0.3 is 5.97 Å². The summed E-state index contributed by atoms with van der Waals surface area (Å²) in [7, 11) is 0. The van der Waals surface area contributed by atoms with E-state index in [2.05, 4.69) is 5.32 Å². The van der Waals surface area contributed by atoms with Crippen LogP contribution in [0.5, 0.6) is 0 Å². The number of ketones is 1. The Hall–Kier alpha value is -2.68. The van der Waals surface area contributed by atoms with Gasteiger partial charge in [-0.05, 0) is 43.0 Å². The number of Topliss-reactive ketones (excluding diaryl/α,β-unsaturated/α-hetero) is 1. The molecule has 1 aromatic carbocycles. The van der Waals surface area contributed by atoms with Gasteiger partial charge in [-0.15, -0.1) is 0 Å². The van der Waals surface area contributed by atoms with E-state index in [9.17, 15) is 19.5 Å². The zero-order valence-electron chi connectivity index (χ0n) is 11.9. The first-order valence-electron chi connectivity index (χ1n) is 7.07. The molecule has 0 aromatic heterocycles. The molecule has 0 bridgehead atoms. The van der Waals surface area contributed by atoms with Crippen LogP contribution < -0.4 is 5.32 Å². The lowest BCUT2D eigenvalue weighted by molar-refractivity contribution is -0.141. The molecule has 1 aromatic rings. The molecule has 0 heterocycles. The molecule has 22 heavy (non-hydrogen) atoms. The van der Waals surface area contributed by atoms with Crippen molar-refractivity contribution in [3.8, 4) is 6.07 Å². The van der Waals surface area contributed by atoms with Gasteiger partial charge in [0.1, 0.15) is 11.8 Å². The van der Waals surface area contributed by atoms with E-state index in [0.717, 1.165) is 0 Å². The summed E-state index contributed by atoms with van der Waals surface area (Å²) >= 11 is 0. The number of carboxylic acids is 1. The molecular formula is C16H16N2O4. The van der Waals surface area contributed by atoms with Crippen LogP contribution in [0, 0.1) is 17.2 Å². The highest BCUT2D eigenvalue weighted by Crippen LogP contribution is 2.24. The summed E-state index contributed by atoms with van der Waals surface area (Å²) in [5.74, 6) is -1.99. The van der Waals surface area contributed by atoms with Gasteiger partial charge in [0, 0.05) is 18.4 Å². The molecule has 114 valence electrons. The number of nitrogens with zero attached hydrogens (tertiary/aromatic N) is 1. The smallest absolute Gasteiger partial charge is 0.326 e. The summed E-state index contributed by atoms with van der Waals surface area (Å²) in [5, 5.41) is 20.5. The second-order valence-corrected chi connectivity index (χ2v) is 5.37. The van der Waals surface area contributed by atoms with Crippen molar-refractivity contribution in [1.29, 1.82) is 5.26 Å². The van der Waals surface area contributed by atoms with Gasteiger partial charge in [-0.25, -0.2) is 4.79 Å². The molecule has 1 aliphatic carbocycles. The summed E-state index contributed by atoms with van der Waals surface area (Å²) in [6.45, 7) is 0. The number of hydrogen-bond acceptors (Lipinski definition) is 4. The minimum atomic E-state index is -1.14. The molecule has 0 spiro atoms. The van der Waals surface area contributed by atoms with Crippen molar-refractivity contribution in [2.24, 2.45) is 5.92 Å². The quantitative estimate of drug-likeness (QED) is 0.876. The first-order chi connectivity index (χ1) is 10.5. The van der Waals surface area contributed by atoms with E-state index >= 15 is 0 Å². The Labute approximate surface area is 127 Å². The molecule has 0 unspecified atom stereocenters. The van der Waals surface area contributed by atoms with E-state index in [0.29, 0.717) is 24.8 Å². The molecule has 6 heteroatoms. The Morgan fingerprint density at radius 3 is 2.55 bits per heavy atom. The Kier molecular flexibility index (Phi) is 4.89. The van der Waals surface area contributed by atoms with Gasteiger partial charge < -0.3 is 10.4 Å². The maximum Gasteiger partial charge on any atom is 0.326 e. The van der Waals surface area contributed by atoms with Crippen LogP contribution in [0.2, 0.25) is 0 Å². The van der Waals surface area contributed by atoms with Gasteiger partial charge in [0.25, 0.3) is 5.91 Å². The third-order valence-corrected chi connectivity index (χ3v) is 3.82. The molecule has 0 aliphatic heterocycles. The molecule has 1 fully saturated rings. The number of carboxylic acid groups (broad SMARTS) is 1. The minimum absolute atomic E-state index is 0.0372. The monoisotopic (exact) mass is 300 g/mol. The number of nitriles is 1. The van der Waals surface area contributed by atoms with E-state index in [1.807, 2.05) is 6.07 Å². The third kappa shape index (κ3) is 3.70. The second-order valence-electron chi connectivity index (χ2n) is 5.37. The molecule has 1 saturated carbocycles. The van der Waals surface area contributed by atoms with Crippen molar-refractivity contribution in [1.82, 2.24) is 5.32 Å². The summed E-state index contributed by atoms with van der Waals surface area (Å²) in [5.41, 5.74) is 0.705. The topological polar surface area (TPSA) is 107 Å². The molecule has 1 aliphatic rings. The molecule has 2 N–H and O–H groups in total. The molecule has 1 amide bonds. The number of nitrogens with one attached hydrogen (secondary N) is 1. The standard InChI is InChI=1S/C16H16N2O4/c17-9-10-4-6-11(7-5-10)15(20)18-14(16(21)22)12-2-1-3-13(19)8-12/h4-7,12,14H,1-3,8H2,(H,18,20)(H,21,22)/t12-,14-/m0/s1. The van der Waals surface area contributed by atoms with Crippen LogP contribution in [0.4, 0.5) is 0 Å². The highest BCUT2D eigenvalue weighted by molar-refractivity contribution is 5.97. The zero-order chi connectivity index (χ0) is 16.1. The van der Waals surface area contributed by atoms with Gasteiger partial charge in [-0.2, -0.15) is 5.26 Å². The highest BCUT2D eigenvalue weighted by Gasteiger charge is 2.33. The maximum atomic E-state index is 12.1. The lowest BCUT2D eigenvalue weighted by Crippen LogP contribution is -2.47. The first kappa shape index (κ1) is 15.7. The van der Waals surface area contributed by atoms with Crippen LogP contribution in [0.15, 0.2) is 24.3 Å². The number of amides is 1. The maximum absolute atomic E-state index is 12.1. The Morgan fingerprint density at radius 2 is 2.00 bits per heavy atom. The fourth-order valence-corrected chi connectivity index (χ4v) is 2.64. The zero-order valence-corrected chi connectivity index (χ0v) is 11.9. The van der Waals surface area contributed by atoms with Crippen molar-refractivity contribution in [3.05, 3.63) is 35.4 Å². The molecule has 0 radical (unpaired) electrons. The first-order valence-corrected chi connectivity index (χ1v) is 7.07. The summed E-state index contributed by atoms with van der Waals surface area (Å²) in [6, 6.07) is 6.80. The average Bonchev–Trinajstić information content (AvgIpc) is 2.52. The molecular weight excluding hydrogens is 284 g/mol. The van der Waals surface area contributed by atoms with Crippen LogP contribution in [0.25, 0.3) is 0 Å². The van der Waals surface area contributed by atoms with Gasteiger partial charge in [-0.3, -0.25) is 9.59 Å². The fourth-order valence-electron chi connectivity index (χ4n) is 2.64. The summed E-state index contributed by atoms with van der Waals surface area (Å²) in [6.07, 6.45) is 1.92. The summed E-state index contributed by atoms with van der Waals surface area (Å²) < 4.78 is 0. The van der Waals surface area contributed by atoms with Crippen molar-refractivity contribution >= 4 is 17.7 Å². The second kappa shape index (κ2) is 6.85. The Morgan fingerprint density at radius 1 is 1.32 bits per heavy atom. The molecule has 2 rings (SSSR count). The van der Waals surface area contributed by atoms with Crippen molar-refractivity contribution < 1.29 is 19.5 Å². The summed E-state index contributed by atoms with van der Waals surface area (Å²) in [4.78, 5) is 35.0. The largest absolute Gasteiger partial charge is 0.480 e. The number of rotatable bonds is 4. The number of aliphatic carboxylic acids is 1. The predicted molar refractivity (Wildman–Crippen MR) is 77.0 cm³/mol. The van der Waals surface area contributed by atoms with Crippen LogP contribution in [0.1, 0.15) is 41.6 Å². The SMILES string of the molecule is N#Cc1ccc(C(=O)N[C@H](C(=O)O)[C@H]2CCCC(=O)C2)cc1. The highest BCUT2D eigenvalue weighted by atomic mass is 16.4. The van der Waals surface area contributed by atoms with Crippen molar-refractivity contribution in [2.75, 3.05) is 0 Å². The van der Waals surface area contributed by atoms with E-state index in [4.69, 9.17) is 5.26 Å². The Balaban J connectivity index is 2.09. The van der Waals surface area contributed by atoms with E-state index in [1.165, 1.54) is 24.3 Å². The number of hydrogen-bond donors (Lipinski definition) is 2. The van der Waals surface area contributed by atoms with Gasteiger partial charge in [-0.1, -0.05) is 0 Å². The van der Waals surface area contributed by atoms with Gasteiger partial charge in [0.05, 0.1) is 11.6 Å². The van der Waals surface area contributed by atoms with Crippen molar-refractivity contribution in [3.63, 3.8) is 0 Å². The fraction of sp³-hybridized carbons (Fsp3) is 0.375. The van der Waals surface area contributed by atoms with Crippen LogP contribution in [-0.2, 0) is 9.59 Å². The van der Waals surface area contributed by atoms with Gasteiger partial charge in [0.2, 0.25) is 0 Å². The third-order valence-electron chi connectivity index (χ3n) is 3.82. The van der Waals surface area contributed by atoms with Gasteiger partial charge in [0.15, 0.2) is 0 Å². The number of carbonyl (C=O) groups is 3. The predicted octanol–water partition coefficient (Wildman–Crippen LogP) is 1.50. The van der Waals surface area contributed by atoms with Crippen LogP contribution in [-0.4, -0.2) is 28.8 Å². The van der Waals surface area contributed by atoms with E-state index in [1.54, 1.807) is 0 Å². The molecule has 0 saturated heterocycles. The molecule has 6 nitrogen and oxygen atoms in total. The molecule has 2 atom stereocenters. The lowest BCUT2D eigenvalue weighted by Gasteiger charge is -2.27. The Bertz CT molecular complexity index is 631. The normalized spacial score (nSPS) is 19.0. The minimum Gasteiger partial charge on any atom is -0.480 e. The van der Waals surface area contributed by atoms with E-state index < -0.39 is 17.9 Å². The average molecular weight is 300 g/mol. The lowest BCUT2D eigenvalue weighted by atomic mass is 9.83. The van der Waals surface area contributed by atoms with E-state index in [-0.39, 0.29) is 23.7 Å².